The van der Waals surface area contributed by atoms with Crippen LogP contribution in [-0.4, -0.2) is 54.3 Å². The molecule has 1 aromatic heterocycles. The van der Waals surface area contributed by atoms with E-state index in [1.807, 2.05) is 9.80 Å². The van der Waals surface area contributed by atoms with Crippen LogP contribution in [0.3, 0.4) is 0 Å². The lowest BCUT2D eigenvalue weighted by Gasteiger charge is -2.36. The normalized spacial score (nSPS) is 24.9. The summed E-state index contributed by atoms with van der Waals surface area (Å²) in [5.74, 6) is 1.62. The molecule has 0 bridgehead atoms. The van der Waals surface area contributed by atoms with Crippen molar-refractivity contribution >= 4 is 23.3 Å². The third-order valence-electron chi connectivity index (χ3n) is 4.53. The molecule has 0 saturated carbocycles. The fourth-order valence-electron chi connectivity index (χ4n) is 3.58. The van der Waals surface area contributed by atoms with Gasteiger partial charge in [-0.15, -0.1) is 0 Å². The van der Waals surface area contributed by atoms with Gasteiger partial charge in [-0.2, -0.15) is 9.97 Å². The lowest BCUT2D eigenvalue weighted by atomic mass is 9.92. The predicted octanol–water partition coefficient (Wildman–Crippen LogP) is 1.29. The van der Waals surface area contributed by atoms with Gasteiger partial charge in [0, 0.05) is 26.2 Å². The minimum Gasteiger partial charge on any atom is -0.378 e. The summed E-state index contributed by atoms with van der Waals surface area (Å²) in [4.78, 5) is 23.7. The quantitative estimate of drug-likeness (QED) is 0.649. The Morgan fingerprint density at radius 3 is 2.38 bits per heavy atom. The van der Waals surface area contributed by atoms with Gasteiger partial charge >= 0.3 is 5.69 Å². The first-order chi connectivity index (χ1) is 11.5. The Bertz CT molecular complexity index is 609. The number of morpholine rings is 1. The maximum atomic E-state index is 11.5. The zero-order valence-corrected chi connectivity index (χ0v) is 14.1. The maximum absolute atomic E-state index is 11.5. The Kier molecular flexibility index (Phi) is 4.70. The van der Waals surface area contributed by atoms with E-state index in [2.05, 4.69) is 23.8 Å². The highest BCUT2D eigenvalue weighted by atomic mass is 16.6. The molecule has 0 spiro atoms. The van der Waals surface area contributed by atoms with Crippen LogP contribution in [0.1, 0.15) is 20.3 Å². The Hall–Kier alpha value is -2.16. The monoisotopic (exact) mass is 336 g/mol. The van der Waals surface area contributed by atoms with E-state index in [9.17, 15) is 10.1 Å². The number of anilines is 3. The van der Waals surface area contributed by atoms with Gasteiger partial charge in [-0.05, 0) is 18.3 Å². The number of hydrogen-bond donors (Lipinski definition) is 1. The summed E-state index contributed by atoms with van der Waals surface area (Å²) in [5.41, 5.74) is 5.74. The molecule has 2 saturated heterocycles. The van der Waals surface area contributed by atoms with E-state index in [0.717, 1.165) is 19.5 Å². The molecule has 1 aromatic rings. The van der Waals surface area contributed by atoms with Crippen LogP contribution >= 0.6 is 0 Å². The molecule has 2 fully saturated rings. The molecule has 2 atom stereocenters. The molecule has 3 rings (SSSR count). The van der Waals surface area contributed by atoms with E-state index >= 15 is 0 Å². The number of ether oxygens (including phenoxy) is 1. The minimum atomic E-state index is -0.475. The van der Waals surface area contributed by atoms with Crippen LogP contribution in [0, 0.1) is 22.0 Å². The van der Waals surface area contributed by atoms with Crippen molar-refractivity contribution in [2.45, 2.75) is 20.3 Å². The zero-order valence-electron chi connectivity index (χ0n) is 14.1. The molecule has 132 valence electrons. The number of nitro groups is 1. The molecule has 0 radical (unpaired) electrons. The second-order valence-electron chi connectivity index (χ2n) is 6.79. The number of aromatic nitrogens is 2. The molecule has 0 aromatic carbocycles. The van der Waals surface area contributed by atoms with Crippen molar-refractivity contribution < 1.29 is 9.66 Å². The molecule has 2 aliphatic rings. The predicted molar refractivity (Wildman–Crippen MR) is 91.3 cm³/mol. The topological polar surface area (TPSA) is 111 Å². The number of nitrogens with zero attached hydrogens (tertiary/aromatic N) is 5. The molecule has 0 aliphatic carbocycles. The van der Waals surface area contributed by atoms with Crippen molar-refractivity contribution in [2.75, 3.05) is 54.9 Å². The third-order valence-corrected chi connectivity index (χ3v) is 4.53. The van der Waals surface area contributed by atoms with E-state index in [0.29, 0.717) is 49.9 Å². The van der Waals surface area contributed by atoms with Gasteiger partial charge in [0.2, 0.25) is 17.6 Å². The number of nitrogens with two attached hydrogens (primary N) is 1. The van der Waals surface area contributed by atoms with Crippen molar-refractivity contribution in [3.63, 3.8) is 0 Å². The van der Waals surface area contributed by atoms with Crippen molar-refractivity contribution in [3.05, 3.63) is 10.1 Å². The number of piperidine rings is 1. The van der Waals surface area contributed by atoms with Gasteiger partial charge in [-0.1, -0.05) is 13.8 Å². The zero-order chi connectivity index (χ0) is 17.3. The van der Waals surface area contributed by atoms with Crippen LogP contribution in [0.4, 0.5) is 23.3 Å². The van der Waals surface area contributed by atoms with Crippen molar-refractivity contribution in [3.8, 4) is 0 Å². The van der Waals surface area contributed by atoms with Gasteiger partial charge in [0.1, 0.15) is 0 Å². The lowest BCUT2D eigenvalue weighted by Crippen LogP contribution is -2.41. The van der Waals surface area contributed by atoms with Crippen molar-refractivity contribution in [2.24, 2.45) is 11.8 Å². The number of rotatable bonds is 3. The van der Waals surface area contributed by atoms with Gasteiger partial charge in [0.25, 0.3) is 0 Å². The molecule has 2 unspecified atom stereocenters. The van der Waals surface area contributed by atoms with Crippen LogP contribution < -0.4 is 15.5 Å². The molecular weight excluding hydrogens is 312 g/mol. The van der Waals surface area contributed by atoms with Gasteiger partial charge in [-0.25, -0.2) is 0 Å². The first-order valence-corrected chi connectivity index (χ1v) is 8.35. The van der Waals surface area contributed by atoms with E-state index in [1.54, 1.807) is 0 Å². The summed E-state index contributed by atoms with van der Waals surface area (Å²) < 4.78 is 5.34. The maximum Gasteiger partial charge on any atom is 0.353 e. The summed E-state index contributed by atoms with van der Waals surface area (Å²) in [5, 5.41) is 11.5. The molecule has 9 nitrogen and oxygen atoms in total. The molecule has 3 heterocycles. The standard InChI is InChI=1S/C15H24N6O3/c1-10-7-11(2)9-20(8-10)14-12(21(22)23)13(16)17-15(18-14)19-3-5-24-6-4-19/h10-11H,3-9H2,1-2H3,(H2,16,17,18). The second kappa shape index (κ2) is 6.76. The fraction of sp³-hybridized carbons (Fsp3) is 0.733. The Morgan fingerprint density at radius 1 is 1.17 bits per heavy atom. The van der Waals surface area contributed by atoms with Gasteiger partial charge in [0.15, 0.2) is 0 Å². The average molecular weight is 336 g/mol. The largest absolute Gasteiger partial charge is 0.378 e. The SMILES string of the molecule is CC1CC(C)CN(c2nc(N3CCOCC3)nc(N)c2[N+](=O)[O-])C1. The fourth-order valence-corrected chi connectivity index (χ4v) is 3.58. The number of nitrogen functional groups attached to an aromatic ring is 1. The summed E-state index contributed by atoms with van der Waals surface area (Å²) in [6.07, 6.45) is 1.11. The molecule has 24 heavy (non-hydrogen) atoms. The van der Waals surface area contributed by atoms with Crippen LogP contribution in [0.2, 0.25) is 0 Å². The summed E-state index contributed by atoms with van der Waals surface area (Å²) in [6.45, 7) is 8.28. The van der Waals surface area contributed by atoms with Crippen LogP contribution in [0.15, 0.2) is 0 Å². The Morgan fingerprint density at radius 2 is 1.79 bits per heavy atom. The molecule has 0 amide bonds. The van der Waals surface area contributed by atoms with Crippen LogP contribution in [-0.2, 0) is 4.74 Å². The molecular formula is C15H24N6O3. The molecule has 2 aliphatic heterocycles. The Balaban J connectivity index is 2.00. The summed E-state index contributed by atoms with van der Waals surface area (Å²) in [6, 6.07) is 0. The second-order valence-corrected chi connectivity index (χ2v) is 6.79. The van der Waals surface area contributed by atoms with E-state index in [-0.39, 0.29) is 11.5 Å². The Labute approximate surface area is 140 Å². The van der Waals surface area contributed by atoms with Gasteiger partial charge < -0.3 is 20.3 Å². The summed E-state index contributed by atoms with van der Waals surface area (Å²) in [7, 11) is 0. The van der Waals surface area contributed by atoms with Gasteiger partial charge in [-0.3, -0.25) is 10.1 Å². The molecule has 9 heteroatoms. The van der Waals surface area contributed by atoms with Crippen molar-refractivity contribution in [1.29, 1.82) is 0 Å². The van der Waals surface area contributed by atoms with Crippen molar-refractivity contribution in [1.82, 2.24) is 9.97 Å². The van der Waals surface area contributed by atoms with Gasteiger partial charge in [0.05, 0.1) is 18.1 Å². The highest BCUT2D eigenvalue weighted by Gasteiger charge is 2.32. The number of hydrogen-bond acceptors (Lipinski definition) is 8. The highest BCUT2D eigenvalue weighted by molar-refractivity contribution is 5.71. The first kappa shape index (κ1) is 16.7. The van der Waals surface area contributed by atoms with E-state index < -0.39 is 4.92 Å². The summed E-state index contributed by atoms with van der Waals surface area (Å²) >= 11 is 0. The van der Waals surface area contributed by atoms with Crippen LogP contribution in [0.5, 0.6) is 0 Å². The van der Waals surface area contributed by atoms with E-state index in [4.69, 9.17) is 10.5 Å². The molecule has 2 N–H and O–H groups in total. The third kappa shape index (κ3) is 3.35. The average Bonchev–Trinajstić information content (AvgIpc) is 2.53. The minimum absolute atomic E-state index is 0.0719. The smallest absolute Gasteiger partial charge is 0.353 e. The highest BCUT2D eigenvalue weighted by Crippen LogP contribution is 2.36. The van der Waals surface area contributed by atoms with E-state index in [1.165, 1.54) is 0 Å². The lowest BCUT2D eigenvalue weighted by molar-refractivity contribution is -0.383. The van der Waals surface area contributed by atoms with Crippen LogP contribution in [0.25, 0.3) is 0 Å². The first-order valence-electron chi connectivity index (χ1n) is 8.35.